The fourth-order valence-electron chi connectivity index (χ4n) is 2.28. The molecule has 1 aliphatic carbocycles. The van der Waals surface area contributed by atoms with Gasteiger partial charge in [0.05, 0.1) is 6.61 Å². The van der Waals surface area contributed by atoms with Crippen LogP contribution in [0.25, 0.3) is 0 Å². The fourth-order valence-corrected chi connectivity index (χ4v) is 2.28. The molecule has 0 atom stereocenters. The molecule has 0 saturated carbocycles. The molecule has 0 amide bonds. The Balaban J connectivity index is 2.00. The first-order valence-corrected chi connectivity index (χ1v) is 6.08. The van der Waals surface area contributed by atoms with Gasteiger partial charge in [0.2, 0.25) is 0 Å². The first kappa shape index (κ1) is 10.7. The lowest BCUT2D eigenvalue weighted by Crippen LogP contribution is -2.04. The summed E-state index contributed by atoms with van der Waals surface area (Å²) in [4.78, 5) is 0. The minimum Gasteiger partial charge on any atom is -0.381 e. The van der Waals surface area contributed by atoms with Crippen LogP contribution >= 0.6 is 0 Å². The zero-order chi connectivity index (χ0) is 10.5. The van der Waals surface area contributed by atoms with E-state index in [-0.39, 0.29) is 0 Å². The van der Waals surface area contributed by atoms with Gasteiger partial charge in [-0.1, -0.05) is 18.2 Å². The topological polar surface area (TPSA) is 9.23 Å². The van der Waals surface area contributed by atoms with E-state index in [2.05, 4.69) is 18.2 Å². The van der Waals surface area contributed by atoms with Crippen molar-refractivity contribution in [3.05, 3.63) is 34.9 Å². The molecule has 0 saturated heterocycles. The number of hydrogen-bond acceptors (Lipinski definition) is 1. The average molecular weight is 204 g/mol. The Kier molecular flexibility index (Phi) is 3.79. The van der Waals surface area contributed by atoms with Crippen molar-refractivity contribution < 1.29 is 4.74 Å². The van der Waals surface area contributed by atoms with E-state index in [0.717, 1.165) is 19.6 Å². The van der Waals surface area contributed by atoms with Gasteiger partial charge in [-0.3, -0.25) is 0 Å². The molecule has 0 N–H and O–H groups in total. The molecular weight excluding hydrogens is 184 g/mol. The van der Waals surface area contributed by atoms with E-state index in [4.69, 9.17) is 4.74 Å². The minimum atomic E-state index is 0.824. The number of benzene rings is 1. The van der Waals surface area contributed by atoms with Gasteiger partial charge in [-0.2, -0.15) is 0 Å². The summed E-state index contributed by atoms with van der Waals surface area (Å²) < 4.78 is 5.38. The molecule has 0 heterocycles. The molecule has 0 fully saturated rings. The summed E-state index contributed by atoms with van der Waals surface area (Å²) in [6.07, 6.45) is 6.34. The molecule has 1 heteroatoms. The predicted molar refractivity (Wildman–Crippen MR) is 63.3 cm³/mol. The third-order valence-corrected chi connectivity index (χ3v) is 3.15. The number of hydrogen-bond donors (Lipinski definition) is 0. The van der Waals surface area contributed by atoms with Crippen molar-refractivity contribution in [3.63, 3.8) is 0 Å². The molecule has 1 aliphatic rings. The van der Waals surface area contributed by atoms with Crippen LogP contribution in [0.3, 0.4) is 0 Å². The molecule has 1 aromatic rings. The standard InChI is InChI=1S/C14H20O/c1-2-15-10-9-12-7-8-13-5-3-4-6-14(13)11-12/h7-8,11H,2-6,9-10H2,1H3. The van der Waals surface area contributed by atoms with E-state index >= 15 is 0 Å². The number of fused-ring (bicyclic) bond motifs is 1. The number of ether oxygens (including phenoxy) is 1. The monoisotopic (exact) mass is 204 g/mol. The van der Waals surface area contributed by atoms with E-state index in [1.165, 1.54) is 31.2 Å². The summed E-state index contributed by atoms with van der Waals surface area (Å²) in [6.45, 7) is 3.73. The van der Waals surface area contributed by atoms with Gasteiger partial charge in [0.1, 0.15) is 0 Å². The summed E-state index contributed by atoms with van der Waals surface area (Å²) in [5, 5.41) is 0. The van der Waals surface area contributed by atoms with Crippen LogP contribution in [-0.2, 0) is 24.0 Å². The lowest BCUT2D eigenvalue weighted by atomic mass is 9.90. The first-order valence-electron chi connectivity index (χ1n) is 6.08. The fraction of sp³-hybridized carbons (Fsp3) is 0.571. The Morgan fingerprint density at radius 2 is 1.93 bits per heavy atom. The maximum atomic E-state index is 5.38. The lowest BCUT2D eigenvalue weighted by Gasteiger charge is -2.16. The Hall–Kier alpha value is -0.820. The van der Waals surface area contributed by atoms with Gasteiger partial charge in [-0.25, -0.2) is 0 Å². The molecular formula is C14H20O. The SMILES string of the molecule is CCOCCc1ccc2c(c1)CCCC2. The van der Waals surface area contributed by atoms with Gasteiger partial charge in [0, 0.05) is 6.61 Å². The Morgan fingerprint density at radius 1 is 1.13 bits per heavy atom. The summed E-state index contributed by atoms with van der Waals surface area (Å²) >= 11 is 0. The molecule has 1 aromatic carbocycles. The maximum absolute atomic E-state index is 5.38. The highest BCUT2D eigenvalue weighted by molar-refractivity contribution is 5.33. The summed E-state index contributed by atoms with van der Waals surface area (Å²) in [7, 11) is 0. The third-order valence-electron chi connectivity index (χ3n) is 3.15. The molecule has 0 aliphatic heterocycles. The number of aryl methyl sites for hydroxylation is 2. The third kappa shape index (κ3) is 2.82. The first-order chi connectivity index (χ1) is 7.40. The highest BCUT2D eigenvalue weighted by Crippen LogP contribution is 2.22. The maximum Gasteiger partial charge on any atom is 0.0506 e. The second kappa shape index (κ2) is 5.32. The molecule has 15 heavy (non-hydrogen) atoms. The smallest absolute Gasteiger partial charge is 0.0506 e. The summed E-state index contributed by atoms with van der Waals surface area (Å²) in [5.74, 6) is 0. The van der Waals surface area contributed by atoms with Crippen LogP contribution < -0.4 is 0 Å². The summed E-state index contributed by atoms with van der Waals surface area (Å²) in [5.41, 5.74) is 4.58. The van der Waals surface area contributed by atoms with Crippen molar-refractivity contribution in [2.24, 2.45) is 0 Å². The summed E-state index contributed by atoms with van der Waals surface area (Å²) in [6, 6.07) is 6.96. The van der Waals surface area contributed by atoms with Crippen molar-refractivity contribution in [2.75, 3.05) is 13.2 Å². The van der Waals surface area contributed by atoms with Crippen LogP contribution in [0.1, 0.15) is 36.5 Å². The van der Waals surface area contributed by atoms with E-state index in [1.54, 1.807) is 11.1 Å². The van der Waals surface area contributed by atoms with Crippen LogP contribution in [-0.4, -0.2) is 13.2 Å². The molecule has 0 bridgehead atoms. The van der Waals surface area contributed by atoms with Gasteiger partial charge in [0.15, 0.2) is 0 Å². The van der Waals surface area contributed by atoms with Crippen LogP contribution in [0.2, 0.25) is 0 Å². The largest absolute Gasteiger partial charge is 0.381 e. The molecule has 82 valence electrons. The van der Waals surface area contributed by atoms with Gasteiger partial charge in [-0.05, 0) is 55.7 Å². The van der Waals surface area contributed by atoms with E-state index < -0.39 is 0 Å². The van der Waals surface area contributed by atoms with E-state index in [1.807, 2.05) is 6.92 Å². The van der Waals surface area contributed by atoms with Crippen LogP contribution in [0.4, 0.5) is 0 Å². The van der Waals surface area contributed by atoms with Gasteiger partial charge < -0.3 is 4.74 Å². The molecule has 0 aromatic heterocycles. The van der Waals surface area contributed by atoms with Gasteiger partial charge in [-0.15, -0.1) is 0 Å². The molecule has 0 radical (unpaired) electrons. The second-order valence-corrected chi connectivity index (χ2v) is 4.26. The van der Waals surface area contributed by atoms with Crippen LogP contribution in [0.5, 0.6) is 0 Å². The second-order valence-electron chi connectivity index (χ2n) is 4.26. The van der Waals surface area contributed by atoms with Crippen LogP contribution in [0.15, 0.2) is 18.2 Å². The molecule has 0 spiro atoms. The van der Waals surface area contributed by atoms with Crippen molar-refractivity contribution in [1.29, 1.82) is 0 Å². The van der Waals surface area contributed by atoms with Gasteiger partial charge in [0.25, 0.3) is 0 Å². The predicted octanol–water partition coefficient (Wildman–Crippen LogP) is 3.14. The zero-order valence-corrected chi connectivity index (χ0v) is 9.59. The van der Waals surface area contributed by atoms with Crippen molar-refractivity contribution in [1.82, 2.24) is 0 Å². The zero-order valence-electron chi connectivity index (χ0n) is 9.59. The highest BCUT2D eigenvalue weighted by Gasteiger charge is 2.08. The Bertz CT molecular complexity index is 317. The Morgan fingerprint density at radius 3 is 2.73 bits per heavy atom. The molecule has 2 rings (SSSR count). The molecule has 1 nitrogen and oxygen atoms in total. The van der Waals surface area contributed by atoms with E-state index in [0.29, 0.717) is 0 Å². The minimum absolute atomic E-state index is 0.824. The number of rotatable bonds is 4. The van der Waals surface area contributed by atoms with Crippen molar-refractivity contribution >= 4 is 0 Å². The van der Waals surface area contributed by atoms with Crippen LogP contribution in [0, 0.1) is 0 Å². The Labute approximate surface area is 92.5 Å². The average Bonchev–Trinajstić information content (AvgIpc) is 2.29. The van der Waals surface area contributed by atoms with E-state index in [9.17, 15) is 0 Å². The highest BCUT2D eigenvalue weighted by atomic mass is 16.5. The van der Waals surface area contributed by atoms with Crippen molar-refractivity contribution in [2.45, 2.75) is 39.0 Å². The normalized spacial score (nSPS) is 15.0. The van der Waals surface area contributed by atoms with Crippen molar-refractivity contribution in [3.8, 4) is 0 Å². The molecule has 0 unspecified atom stereocenters. The quantitative estimate of drug-likeness (QED) is 0.685. The lowest BCUT2D eigenvalue weighted by molar-refractivity contribution is 0.151. The van der Waals surface area contributed by atoms with Gasteiger partial charge >= 0.3 is 0 Å².